The summed E-state index contributed by atoms with van der Waals surface area (Å²) >= 11 is 0. The van der Waals surface area contributed by atoms with Crippen LogP contribution in [0.25, 0.3) is 0 Å². The first kappa shape index (κ1) is 19.3. The van der Waals surface area contributed by atoms with Gasteiger partial charge in [-0.1, -0.05) is 13.8 Å². The normalized spacial score (nSPS) is 16.2. The van der Waals surface area contributed by atoms with Crippen molar-refractivity contribution in [1.29, 1.82) is 0 Å². The molecule has 2 amide bonds. The number of piperidine rings is 1. The SMILES string of the molecule is CC(C)Cn1nccc1NC(=O)C1CCN(C(=O)OC(C)(C)C)CC1. The minimum absolute atomic E-state index is 0.00524. The lowest BCUT2D eigenvalue weighted by Gasteiger charge is -2.32. The van der Waals surface area contributed by atoms with Crippen molar-refractivity contribution < 1.29 is 14.3 Å². The lowest BCUT2D eigenvalue weighted by Crippen LogP contribution is -2.43. The van der Waals surface area contributed by atoms with E-state index in [9.17, 15) is 9.59 Å². The number of ether oxygens (including phenoxy) is 1. The Balaban J connectivity index is 1.85. The number of carbonyl (C=O) groups is 2. The predicted molar refractivity (Wildman–Crippen MR) is 96.2 cm³/mol. The fourth-order valence-electron chi connectivity index (χ4n) is 2.81. The lowest BCUT2D eigenvalue weighted by atomic mass is 9.96. The average molecular weight is 350 g/mol. The van der Waals surface area contributed by atoms with E-state index in [4.69, 9.17) is 4.74 Å². The Morgan fingerprint density at radius 3 is 2.52 bits per heavy atom. The zero-order chi connectivity index (χ0) is 18.6. The number of nitrogens with zero attached hydrogens (tertiary/aromatic N) is 3. The molecule has 1 fully saturated rings. The zero-order valence-corrected chi connectivity index (χ0v) is 15.9. The van der Waals surface area contributed by atoms with E-state index in [0.29, 0.717) is 31.8 Å². The summed E-state index contributed by atoms with van der Waals surface area (Å²) < 4.78 is 7.20. The van der Waals surface area contributed by atoms with Crippen LogP contribution in [0.4, 0.5) is 10.6 Å². The van der Waals surface area contributed by atoms with Crippen LogP contribution in [0.2, 0.25) is 0 Å². The van der Waals surface area contributed by atoms with Gasteiger partial charge in [0.05, 0.1) is 6.20 Å². The molecule has 2 heterocycles. The molecular weight excluding hydrogens is 320 g/mol. The summed E-state index contributed by atoms with van der Waals surface area (Å²) in [5.41, 5.74) is -0.500. The molecule has 1 aliphatic rings. The average Bonchev–Trinajstić information content (AvgIpc) is 2.92. The monoisotopic (exact) mass is 350 g/mol. The van der Waals surface area contributed by atoms with Crippen molar-refractivity contribution >= 4 is 17.8 Å². The van der Waals surface area contributed by atoms with Gasteiger partial charge in [-0.15, -0.1) is 0 Å². The summed E-state index contributed by atoms with van der Waals surface area (Å²) in [4.78, 5) is 26.3. The van der Waals surface area contributed by atoms with Crippen molar-refractivity contribution in [1.82, 2.24) is 14.7 Å². The summed E-state index contributed by atoms with van der Waals surface area (Å²) in [5.74, 6) is 1.08. The summed E-state index contributed by atoms with van der Waals surface area (Å²) in [5, 5.41) is 7.23. The van der Waals surface area contributed by atoms with E-state index in [1.807, 2.05) is 31.5 Å². The molecular formula is C18H30N4O3. The Labute approximate surface area is 149 Å². The molecule has 0 spiro atoms. The number of likely N-dealkylation sites (tertiary alicyclic amines) is 1. The van der Waals surface area contributed by atoms with E-state index >= 15 is 0 Å². The Kier molecular flexibility index (Phi) is 6.08. The van der Waals surface area contributed by atoms with Crippen molar-refractivity contribution in [3.8, 4) is 0 Å². The first-order valence-electron chi connectivity index (χ1n) is 8.96. The van der Waals surface area contributed by atoms with Crippen LogP contribution >= 0.6 is 0 Å². The summed E-state index contributed by atoms with van der Waals surface area (Å²) in [6, 6.07) is 1.82. The Bertz CT molecular complexity index is 596. The van der Waals surface area contributed by atoms with Crippen LogP contribution in [-0.4, -0.2) is 45.4 Å². The molecule has 1 N–H and O–H groups in total. The molecule has 25 heavy (non-hydrogen) atoms. The number of hydrogen-bond donors (Lipinski definition) is 1. The van der Waals surface area contributed by atoms with Crippen LogP contribution in [0.15, 0.2) is 12.3 Å². The zero-order valence-electron chi connectivity index (χ0n) is 15.9. The van der Waals surface area contributed by atoms with Crippen LogP contribution in [-0.2, 0) is 16.1 Å². The fourth-order valence-corrected chi connectivity index (χ4v) is 2.81. The molecule has 0 saturated carbocycles. The van der Waals surface area contributed by atoms with E-state index in [2.05, 4.69) is 24.3 Å². The van der Waals surface area contributed by atoms with Crippen molar-refractivity contribution in [3.05, 3.63) is 12.3 Å². The third kappa shape index (κ3) is 5.76. The Morgan fingerprint density at radius 2 is 1.96 bits per heavy atom. The second kappa shape index (κ2) is 7.89. The lowest BCUT2D eigenvalue weighted by molar-refractivity contribution is -0.121. The van der Waals surface area contributed by atoms with Gasteiger partial charge in [0.1, 0.15) is 11.4 Å². The number of aromatic nitrogens is 2. The van der Waals surface area contributed by atoms with Gasteiger partial charge < -0.3 is 15.0 Å². The third-order valence-electron chi connectivity index (χ3n) is 4.02. The van der Waals surface area contributed by atoms with E-state index in [1.165, 1.54) is 0 Å². The van der Waals surface area contributed by atoms with E-state index < -0.39 is 5.60 Å². The smallest absolute Gasteiger partial charge is 0.410 e. The van der Waals surface area contributed by atoms with Gasteiger partial charge in [0.25, 0.3) is 0 Å². The van der Waals surface area contributed by atoms with Crippen LogP contribution < -0.4 is 5.32 Å². The van der Waals surface area contributed by atoms with Gasteiger partial charge >= 0.3 is 6.09 Å². The van der Waals surface area contributed by atoms with Gasteiger partial charge in [-0.25, -0.2) is 9.48 Å². The van der Waals surface area contributed by atoms with Crippen molar-refractivity contribution in [2.45, 2.75) is 59.6 Å². The maximum Gasteiger partial charge on any atom is 0.410 e. The highest BCUT2D eigenvalue weighted by molar-refractivity contribution is 5.91. The maximum absolute atomic E-state index is 12.5. The van der Waals surface area contributed by atoms with Gasteiger partial charge in [-0.3, -0.25) is 4.79 Å². The van der Waals surface area contributed by atoms with Crippen LogP contribution in [0.3, 0.4) is 0 Å². The maximum atomic E-state index is 12.5. The van der Waals surface area contributed by atoms with Crippen LogP contribution in [0.5, 0.6) is 0 Å². The van der Waals surface area contributed by atoms with Gasteiger partial charge in [-0.05, 0) is 39.5 Å². The van der Waals surface area contributed by atoms with Gasteiger partial charge in [-0.2, -0.15) is 5.10 Å². The molecule has 0 bridgehead atoms. The van der Waals surface area contributed by atoms with Crippen LogP contribution in [0, 0.1) is 11.8 Å². The molecule has 2 rings (SSSR count). The molecule has 1 saturated heterocycles. The third-order valence-corrected chi connectivity index (χ3v) is 4.02. The molecule has 1 aromatic rings. The molecule has 1 aromatic heterocycles. The molecule has 0 unspecified atom stereocenters. The molecule has 0 atom stereocenters. The highest BCUT2D eigenvalue weighted by atomic mass is 16.6. The number of nitrogens with one attached hydrogen (secondary N) is 1. The minimum Gasteiger partial charge on any atom is -0.444 e. The molecule has 1 aliphatic heterocycles. The van der Waals surface area contributed by atoms with Crippen molar-refractivity contribution in [2.75, 3.05) is 18.4 Å². The highest BCUT2D eigenvalue weighted by Crippen LogP contribution is 2.21. The van der Waals surface area contributed by atoms with Crippen molar-refractivity contribution in [3.63, 3.8) is 0 Å². The van der Waals surface area contributed by atoms with E-state index in [0.717, 1.165) is 12.4 Å². The second-order valence-electron chi connectivity index (χ2n) is 8.02. The first-order chi connectivity index (χ1) is 11.7. The van der Waals surface area contributed by atoms with Gasteiger partial charge in [0.2, 0.25) is 5.91 Å². The molecule has 0 aliphatic carbocycles. The number of amides is 2. The number of carbonyl (C=O) groups excluding carboxylic acids is 2. The number of hydrogen-bond acceptors (Lipinski definition) is 4. The standard InChI is InChI=1S/C18H30N4O3/c1-13(2)12-22-15(6-9-19-22)20-16(23)14-7-10-21(11-8-14)17(24)25-18(3,4)5/h6,9,13-14H,7-8,10-12H2,1-5H3,(H,20,23). The van der Waals surface area contributed by atoms with Crippen molar-refractivity contribution in [2.24, 2.45) is 11.8 Å². The molecule has 7 nitrogen and oxygen atoms in total. The quantitative estimate of drug-likeness (QED) is 0.905. The predicted octanol–water partition coefficient (Wildman–Crippen LogP) is 3.12. The molecule has 140 valence electrons. The van der Waals surface area contributed by atoms with Gasteiger partial charge in [0, 0.05) is 31.6 Å². The fraction of sp³-hybridized carbons (Fsp3) is 0.722. The van der Waals surface area contributed by atoms with E-state index in [-0.39, 0.29) is 17.9 Å². The van der Waals surface area contributed by atoms with Gasteiger partial charge in [0.15, 0.2) is 0 Å². The number of rotatable bonds is 4. The minimum atomic E-state index is -0.500. The summed E-state index contributed by atoms with van der Waals surface area (Å²) in [7, 11) is 0. The first-order valence-corrected chi connectivity index (χ1v) is 8.96. The summed E-state index contributed by atoms with van der Waals surface area (Å²) in [6.45, 7) is 11.6. The summed E-state index contributed by atoms with van der Waals surface area (Å²) in [6.07, 6.45) is 2.68. The molecule has 0 aromatic carbocycles. The molecule has 0 radical (unpaired) electrons. The largest absolute Gasteiger partial charge is 0.444 e. The second-order valence-corrected chi connectivity index (χ2v) is 8.02. The highest BCUT2D eigenvalue weighted by Gasteiger charge is 2.30. The topological polar surface area (TPSA) is 76.5 Å². The Morgan fingerprint density at radius 1 is 1.32 bits per heavy atom. The molecule has 7 heteroatoms. The Hall–Kier alpha value is -2.05. The van der Waals surface area contributed by atoms with E-state index in [1.54, 1.807) is 11.1 Å². The number of anilines is 1. The van der Waals surface area contributed by atoms with Crippen LogP contribution in [0.1, 0.15) is 47.5 Å².